The lowest BCUT2D eigenvalue weighted by Crippen LogP contribution is -2.42. The highest BCUT2D eigenvalue weighted by Gasteiger charge is 2.44. The Morgan fingerprint density at radius 3 is 2.90 bits per heavy atom. The minimum absolute atomic E-state index is 0.0427. The van der Waals surface area contributed by atoms with Gasteiger partial charge in [-0.05, 0) is 25.3 Å². The highest BCUT2D eigenvalue weighted by molar-refractivity contribution is 5.95. The van der Waals surface area contributed by atoms with E-state index in [2.05, 4.69) is 5.32 Å². The quantitative estimate of drug-likeness (QED) is 0.663. The van der Waals surface area contributed by atoms with E-state index in [1.54, 1.807) is 4.90 Å². The molecule has 7 heteroatoms. The van der Waals surface area contributed by atoms with Crippen molar-refractivity contribution in [2.75, 3.05) is 13.1 Å². The fourth-order valence-electron chi connectivity index (χ4n) is 3.47. The first-order chi connectivity index (χ1) is 9.97. The third-order valence-corrected chi connectivity index (χ3v) is 4.36. The van der Waals surface area contributed by atoms with Crippen LogP contribution in [0.15, 0.2) is 18.2 Å². The van der Waals surface area contributed by atoms with Crippen LogP contribution in [-0.2, 0) is 0 Å². The molecule has 2 aliphatic heterocycles. The lowest BCUT2D eigenvalue weighted by Gasteiger charge is -2.27. The van der Waals surface area contributed by atoms with Gasteiger partial charge in [0.05, 0.1) is 11.0 Å². The number of hydrogen-bond donors (Lipinski definition) is 1. The lowest BCUT2D eigenvalue weighted by molar-refractivity contribution is -0.385. The standard InChI is InChI=1S/C14H16FN3O3/c1-8-2-10-6-16-7-13(10)17(8)14(19)9-3-11(15)5-12(4-9)18(20)21/h3-5,8,10,13,16H,2,6-7H2,1H3. The Balaban J connectivity index is 1.93. The number of likely N-dealkylation sites (tertiary alicyclic amines) is 1. The molecule has 2 aliphatic rings. The summed E-state index contributed by atoms with van der Waals surface area (Å²) in [6.45, 7) is 3.56. The molecule has 21 heavy (non-hydrogen) atoms. The molecule has 3 rings (SSSR count). The van der Waals surface area contributed by atoms with Gasteiger partial charge in [-0.25, -0.2) is 4.39 Å². The van der Waals surface area contributed by atoms with Crippen molar-refractivity contribution >= 4 is 11.6 Å². The van der Waals surface area contributed by atoms with E-state index in [9.17, 15) is 19.3 Å². The molecular weight excluding hydrogens is 277 g/mol. The summed E-state index contributed by atoms with van der Waals surface area (Å²) in [5.41, 5.74) is -0.354. The third kappa shape index (κ3) is 2.37. The van der Waals surface area contributed by atoms with Gasteiger partial charge in [-0.15, -0.1) is 0 Å². The van der Waals surface area contributed by atoms with Gasteiger partial charge in [-0.2, -0.15) is 0 Å². The van der Waals surface area contributed by atoms with Crippen LogP contribution < -0.4 is 5.32 Å². The van der Waals surface area contributed by atoms with Crippen molar-refractivity contribution in [1.29, 1.82) is 0 Å². The summed E-state index contributed by atoms with van der Waals surface area (Å²) in [5, 5.41) is 14.0. The molecule has 3 unspecified atom stereocenters. The average molecular weight is 293 g/mol. The Kier molecular flexibility index (Phi) is 3.36. The molecule has 2 fully saturated rings. The van der Waals surface area contributed by atoms with Crippen LogP contribution in [-0.4, -0.2) is 40.9 Å². The second-order valence-electron chi connectivity index (χ2n) is 5.74. The summed E-state index contributed by atoms with van der Waals surface area (Å²) in [5.74, 6) is -0.686. The van der Waals surface area contributed by atoms with E-state index in [0.717, 1.165) is 37.7 Å². The Morgan fingerprint density at radius 1 is 1.43 bits per heavy atom. The number of amides is 1. The first-order valence-corrected chi connectivity index (χ1v) is 6.95. The van der Waals surface area contributed by atoms with Crippen molar-refractivity contribution in [1.82, 2.24) is 10.2 Å². The minimum atomic E-state index is -0.763. The normalized spacial score (nSPS) is 27.7. The van der Waals surface area contributed by atoms with Gasteiger partial charge >= 0.3 is 0 Å². The monoisotopic (exact) mass is 293 g/mol. The number of carbonyl (C=O) groups is 1. The van der Waals surface area contributed by atoms with E-state index in [4.69, 9.17) is 0 Å². The Bertz CT molecular complexity index is 607. The van der Waals surface area contributed by atoms with Crippen LogP contribution in [0.5, 0.6) is 0 Å². The van der Waals surface area contributed by atoms with E-state index >= 15 is 0 Å². The van der Waals surface area contributed by atoms with Crippen molar-refractivity contribution < 1.29 is 14.1 Å². The molecule has 0 spiro atoms. The van der Waals surface area contributed by atoms with Gasteiger partial charge in [0, 0.05) is 36.8 Å². The average Bonchev–Trinajstić information content (AvgIpc) is 2.97. The van der Waals surface area contributed by atoms with Gasteiger partial charge in [0.25, 0.3) is 11.6 Å². The highest BCUT2D eigenvalue weighted by Crippen LogP contribution is 2.33. The van der Waals surface area contributed by atoms with Crippen molar-refractivity contribution in [2.45, 2.75) is 25.4 Å². The zero-order chi connectivity index (χ0) is 15.1. The van der Waals surface area contributed by atoms with Gasteiger partial charge in [0.1, 0.15) is 5.82 Å². The molecule has 0 aliphatic carbocycles. The Hall–Kier alpha value is -2.02. The molecular formula is C14H16FN3O3. The summed E-state index contributed by atoms with van der Waals surface area (Å²) in [6, 6.07) is 3.20. The number of nitro benzene ring substituents is 1. The summed E-state index contributed by atoms with van der Waals surface area (Å²) in [4.78, 5) is 24.5. The van der Waals surface area contributed by atoms with Crippen molar-refractivity contribution in [3.05, 3.63) is 39.7 Å². The second-order valence-corrected chi connectivity index (χ2v) is 5.74. The largest absolute Gasteiger partial charge is 0.331 e. The topological polar surface area (TPSA) is 75.5 Å². The number of benzene rings is 1. The van der Waals surface area contributed by atoms with Crippen LogP contribution in [0.1, 0.15) is 23.7 Å². The van der Waals surface area contributed by atoms with Crippen molar-refractivity contribution in [3.63, 3.8) is 0 Å². The van der Waals surface area contributed by atoms with Gasteiger partial charge in [-0.3, -0.25) is 14.9 Å². The van der Waals surface area contributed by atoms with Crippen LogP contribution in [0.4, 0.5) is 10.1 Å². The van der Waals surface area contributed by atoms with E-state index < -0.39 is 16.4 Å². The number of nitrogens with zero attached hydrogens (tertiary/aromatic N) is 2. The molecule has 112 valence electrons. The molecule has 1 amide bonds. The van der Waals surface area contributed by atoms with Crippen LogP contribution >= 0.6 is 0 Å². The fourth-order valence-corrected chi connectivity index (χ4v) is 3.47. The van der Waals surface area contributed by atoms with Crippen molar-refractivity contribution in [2.24, 2.45) is 5.92 Å². The minimum Gasteiger partial charge on any atom is -0.331 e. The predicted molar refractivity (Wildman–Crippen MR) is 73.5 cm³/mol. The molecule has 1 aromatic rings. The number of non-ortho nitro benzene ring substituents is 1. The summed E-state index contributed by atoms with van der Waals surface area (Å²) < 4.78 is 13.5. The first kappa shape index (κ1) is 13.9. The molecule has 3 atom stereocenters. The van der Waals surface area contributed by atoms with E-state index in [0.29, 0.717) is 5.92 Å². The molecule has 1 N–H and O–H groups in total. The molecule has 0 aromatic heterocycles. The maximum Gasteiger partial charge on any atom is 0.273 e. The van der Waals surface area contributed by atoms with Gasteiger partial charge in [-0.1, -0.05) is 0 Å². The van der Waals surface area contributed by atoms with Crippen LogP contribution in [0, 0.1) is 21.8 Å². The van der Waals surface area contributed by atoms with Gasteiger partial charge in [0.2, 0.25) is 0 Å². The number of nitro groups is 1. The maximum absolute atomic E-state index is 13.5. The lowest BCUT2D eigenvalue weighted by atomic mass is 10.0. The van der Waals surface area contributed by atoms with Crippen LogP contribution in [0.25, 0.3) is 0 Å². The smallest absolute Gasteiger partial charge is 0.273 e. The first-order valence-electron chi connectivity index (χ1n) is 6.95. The highest BCUT2D eigenvalue weighted by atomic mass is 19.1. The van der Waals surface area contributed by atoms with Gasteiger partial charge < -0.3 is 10.2 Å². The van der Waals surface area contributed by atoms with Crippen LogP contribution in [0.3, 0.4) is 0 Å². The molecule has 2 heterocycles. The SMILES string of the molecule is CC1CC2CNCC2N1C(=O)c1cc(F)cc([N+](=O)[O-])c1. The number of nitrogens with one attached hydrogen (secondary N) is 1. The fraction of sp³-hybridized carbons (Fsp3) is 0.500. The Morgan fingerprint density at radius 2 is 2.19 bits per heavy atom. The zero-order valence-corrected chi connectivity index (χ0v) is 11.6. The summed E-state index contributed by atoms with van der Waals surface area (Å²) in [7, 11) is 0. The molecule has 1 aromatic carbocycles. The van der Waals surface area contributed by atoms with Crippen molar-refractivity contribution in [3.8, 4) is 0 Å². The number of hydrogen-bond acceptors (Lipinski definition) is 4. The molecule has 0 bridgehead atoms. The summed E-state index contributed by atoms with van der Waals surface area (Å²) >= 11 is 0. The number of halogens is 1. The Labute approximate surface area is 121 Å². The molecule has 0 saturated carbocycles. The zero-order valence-electron chi connectivity index (χ0n) is 11.6. The number of carbonyl (C=O) groups excluding carboxylic acids is 1. The third-order valence-electron chi connectivity index (χ3n) is 4.36. The molecule has 6 nitrogen and oxygen atoms in total. The van der Waals surface area contributed by atoms with Gasteiger partial charge in [0.15, 0.2) is 0 Å². The number of rotatable bonds is 2. The molecule has 2 saturated heterocycles. The number of fused-ring (bicyclic) bond motifs is 1. The maximum atomic E-state index is 13.5. The summed E-state index contributed by atoms with van der Waals surface area (Å²) in [6.07, 6.45) is 0.904. The van der Waals surface area contributed by atoms with E-state index in [1.807, 2.05) is 6.92 Å². The van der Waals surface area contributed by atoms with Crippen LogP contribution in [0.2, 0.25) is 0 Å². The predicted octanol–water partition coefficient (Wildman–Crippen LogP) is 1.56. The van der Waals surface area contributed by atoms with E-state index in [1.165, 1.54) is 0 Å². The molecule has 0 radical (unpaired) electrons. The van der Waals surface area contributed by atoms with E-state index in [-0.39, 0.29) is 23.6 Å². The second kappa shape index (κ2) is 5.07.